The monoisotopic (exact) mass is 618 g/mol. The Labute approximate surface area is 228 Å². The number of rotatable bonds is 2. The number of phenolic OH excluding ortho intramolecular Hbond substituents is 1. The van der Waals surface area contributed by atoms with Crippen LogP contribution in [0.2, 0.25) is 5.02 Å². The summed E-state index contributed by atoms with van der Waals surface area (Å²) in [6.45, 7) is 0. The van der Waals surface area contributed by atoms with E-state index in [1.54, 1.807) is 6.08 Å². The van der Waals surface area contributed by atoms with E-state index in [0.717, 1.165) is 12.0 Å². The zero-order chi connectivity index (χ0) is 26.3. The fourth-order valence-corrected chi connectivity index (χ4v) is 7.72. The van der Waals surface area contributed by atoms with Crippen LogP contribution in [0, 0.1) is 17.8 Å². The second kappa shape index (κ2) is 8.44. The van der Waals surface area contributed by atoms with Crippen molar-refractivity contribution >= 4 is 80.5 Å². The van der Waals surface area contributed by atoms with Gasteiger partial charge in [0, 0.05) is 16.5 Å². The Balaban J connectivity index is 1.74. The maximum Gasteiger partial charge on any atom is 0.423 e. The molecule has 1 aromatic carbocycles. The minimum absolute atomic E-state index is 0.0684. The van der Waals surface area contributed by atoms with Crippen molar-refractivity contribution in [2.45, 2.75) is 28.5 Å². The van der Waals surface area contributed by atoms with Gasteiger partial charge in [0.1, 0.15) is 5.75 Å². The number of fused-ring (bicyclic) bond motifs is 4. The van der Waals surface area contributed by atoms with Gasteiger partial charge in [0.15, 0.2) is 9.75 Å². The van der Waals surface area contributed by atoms with E-state index < -0.39 is 63.1 Å². The first kappa shape index (κ1) is 25.5. The molecular formula is C23H18BrCl3N2O7. The van der Waals surface area contributed by atoms with Gasteiger partial charge in [-0.05, 0) is 37.0 Å². The molecule has 0 bridgehead atoms. The number of halogens is 4. The van der Waals surface area contributed by atoms with Crippen LogP contribution in [0.4, 0.5) is 4.79 Å². The third-order valence-electron chi connectivity index (χ3n) is 7.67. The Kier molecular flexibility index (Phi) is 5.98. The number of imide groups is 4. The number of ether oxygens (including phenoxy) is 1. The molecule has 5 amide bonds. The summed E-state index contributed by atoms with van der Waals surface area (Å²) in [4.78, 5) is 62.9. The predicted octanol–water partition coefficient (Wildman–Crippen LogP) is 3.52. The zero-order valence-corrected chi connectivity index (χ0v) is 22.4. The number of hydrogen-bond donors (Lipinski definition) is 1. The fraction of sp³-hybridized carbons (Fsp3) is 0.435. The molecular weight excluding hydrogens is 603 g/mol. The van der Waals surface area contributed by atoms with Gasteiger partial charge < -0.3 is 9.84 Å². The predicted molar refractivity (Wildman–Crippen MR) is 131 cm³/mol. The SMILES string of the molecule is COC(=O)N1C(=O)C2CC=C3C(CC4(Cl)C(=O)N(CBr)C(=O)C4(Cl)C3c3cc(Cl)ccc3O)C2C1=O. The number of carbonyl (C=O) groups excluding carboxylic acids is 5. The largest absolute Gasteiger partial charge is 0.508 e. The molecule has 0 aromatic heterocycles. The summed E-state index contributed by atoms with van der Waals surface area (Å²) >= 11 is 23.4. The number of carbonyl (C=O) groups is 5. The Bertz CT molecular complexity index is 1290. The van der Waals surface area contributed by atoms with Crippen molar-refractivity contribution in [3.8, 4) is 5.75 Å². The van der Waals surface area contributed by atoms with Gasteiger partial charge in [0.05, 0.1) is 24.4 Å². The van der Waals surface area contributed by atoms with Gasteiger partial charge in [0.25, 0.3) is 11.8 Å². The maximum absolute atomic E-state index is 13.6. The number of aromatic hydroxyl groups is 1. The minimum Gasteiger partial charge on any atom is -0.508 e. The number of nitrogens with zero attached hydrogens (tertiary/aromatic N) is 2. The van der Waals surface area contributed by atoms with Gasteiger partial charge >= 0.3 is 6.09 Å². The molecule has 190 valence electrons. The van der Waals surface area contributed by atoms with E-state index in [0.29, 0.717) is 10.5 Å². The first-order valence-corrected chi connectivity index (χ1v) is 13.1. The highest BCUT2D eigenvalue weighted by Crippen LogP contribution is 2.66. The van der Waals surface area contributed by atoms with Crippen LogP contribution in [0.15, 0.2) is 29.8 Å². The van der Waals surface area contributed by atoms with Crippen LogP contribution in [0.3, 0.4) is 0 Å². The van der Waals surface area contributed by atoms with E-state index in [9.17, 15) is 29.1 Å². The number of amides is 5. The molecule has 1 aromatic rings. The lowest BCUT2D eigenvalue weighted by Crippen LogP contribution is -2.60. The molecule has 2 aliphatic heterocycles. The van der Waals surface area contributed by atoms with E-state index in [4.69, 9.17) is 34.8 Å². The number of allylic oxidation sites excluding steroid dienone is 2. The number of methoxy groups -OCH3 is 1. The molecule has 2 saturated heterocycles. The van der Waals surface area contributed by atoms with Crippen molar-refractivity contribution in [2.24, 2.45) is 17.8 Å². The second-order valence-electron chi connectivity index (χ2n) is 9.17. The Morgan fingerprint density at radius 3 is 2.50 bits per heavy atom. The molecule has 36 heavy (non-hydrogen) atoms. The van der Waals surface area contributed by atoms with Gasteiger partial charge in [-0.25, -0.2) is 4.79 Å². The van der Waals surface area contributed by atoms with Crippen LogP contribution >= 0.6 is 50.7 Å². The molecule has 2 aliphatic carbocycles. The summed E-state index contributed by atoms with van der Waals surface area (Å²) in [5.41, 5.74) is 0.437. The molecule has 1 N–H and O–H groups in total. The normalized spacial score (nSPS) is 35.4. The number of phenols is 1. The maximum atomic E-state index is 13.6. The molecule has 0 radical (unpaired) electrons. The molecule has 4 aliphatic rings. The number of likely N-dealkylation sites (tertiary alicyclic amines) is 2. The van der Waals surface area contributed by atoms with Crippen LogP contribution < -0.4 is 0 Å². The van der Waals surface area contributed by atoms with Crippen molar-refractivity contribution in [3.63, 3.8) is 0 Å². The minimum atomic E-state index is -2.07. The number of alkyl halides is 3. The molecule has 13 heteroatoms. The van der Waals surface area contributed by atoms with Crippen LogP contribution in [0.25, 0.3) is 0 Å². The summed E-state index contributed by atoms with van der Waals surface area (Å²) in [5, 5.41) is 11.0. The van der Waals surface area contributed by atoms with Crippen LogP contribution in [-0.4, -0.2) is 66.9 Å². The molecule has 9 nitrogen and oxygen atoms in total. The summed E-state index contributed by atoms with van der Waals surface area (Å²) in [5.74, 6) is -7.20. The number of hydrogen-bond acceptors (Lipinski definition) is 7. The lowest BCUT2D eigenvalue weighted by Gasteiger charge is -2.50. The molecule has 6 atom stereocenters. The Morgan fingerprint density at radius 2 is 1.86 bits per heavy atom. The Hall–Kier alpha value is -2.14. The third kappa shape index (κ3) is 3.04. The average Bonchev–Trinajstić information content (AvgIpc) is 3.18. The van der Waals surface area contributed by atoms with Gasteiger partial charge in [-0.1, -0.05) is 39.2 Å². The summed E-state index contributed by atoms with van der Waals surface area (Å²) < 4.78 is 4.62. The van der Waals surface area contributed by atoms with E-state index in [1.165, 1.54) is 18.2 Å². The van der Waals surface area contributed by atoms with Crippen molar-refractivity contribution in [2.75, 3.05) is 12.6 Å². The average molecular weight is 621 g/mol. The standard InChI is InChI=1S/C23H18BrCl3N2O7/c1-36-21(35)29-17(31)11-4-3-10-13(15(11)18(29)32)7-22(26)19(33)28(8-24)20(34)23(22,27)16(10)12-6-9(25)2-5-14(12)30/h2-3,5-6,11,13,15-16,30H,4,7-8H2,1H3. The topological polar surface area (TPSA) is 121 Å². The van der Waals surface area contributed by atoms with Crippen LogP contribution in [0.5, 0.6) is 5.75 Å². The molecule has 6 unspecified atom stereocenters. The third-order valence-corrected chi connectivity index (χ3v) is 9.82. The van der Waals surface area contributed by atoms with Crippen molar-refractivity contribution in [1.82, 2.24) is 9.80 Å². The first-order valence-electron chi connectivity index (χ1n) is 10.9. The van der Waals surface area contributed by atoms with Crippen LogP contribution in [0.1, 0.15) is 24.3 Å². The van der Waals surface area contributed by atoms with Crippen molar-refractivity contribution < 1.29 is 33.8 Å². The summed E-state index contributed by atoms with van der Waals surface area (Å²) in [6, 6.07) is 4.20. The van der Waals surface area contributed by atoms with Gasteiger partial charge in [-0.3, -0.25) is 24.1 Å². The van der Waals surface area contributed by atoms with Gasteiger partial charge in [-0.2, -0.15) is 4.90 Å². The fourth-order valence-electron chi connectivity index (χ4n) is 6.13. The molecule has 1 saturated carbocycles. The van der Waals surface area contributed by atoms with Crippen molar-refractivity contribution in [3.05, 3.63) is 40.4 Å². The first-order chi connectivity index (χ1) is 16.9. The van der Waals surface area contributed by atoms with Crippen molar-refractivity contribution in [1.29, 1.82) is 0 Å². The van der Waals surface area contributed by atoms with Crippen LogP contribution in [-0.2, 0) is 23.9 Å². The number of benzene rings is 1. The molecule has 5 rings (SSSR count). The molecule has 2 heterocycles. The smallest absolute Gasteiger partial charge is 0.423 e. The second-order valence-corrected chi connectivity index (χ2v) is 11.4. The summed E-state index contributed by atoms with van der Waals surface area (Å²) in [7, 11) is 1.06. The van der Waals surface area contributed by atoms with Gasteiger partial charge in [0.2, 0.25) is 11.8 Å². The van der Waals surface area contributed by atoms with E-state index >= 15 is 0 Å². The highest BCUT2D eigenvalue weighted by Gasteiger charge is 2.76. The quantitative estimate of drug-likeness (QED) is 0.233. The zero-order valence-electron chi connectivity index (χ0n) is 18.5. The highest BCUT2D eigenvalue weighted by atomic mass is 79.9. The molecule has 3 fully saturated rings. The van der Waals surface area contributed by atoms with E-state index in [-0.39, 0.29) is 34.6 Å². The summed E-state index contributed by atoms with van der Waals surface area (Å²) in [6.07, 6.45) is 0.396. The lowest BCUT2D eigenvalue weighted by atomic mass is 9.56. The van der Waals surface area contributed by atoms with Gasteiger partial charge in [-0.15, -0.1) is 23.2 Å². The van der Waals surface area contributed by atoms with E-state index in [1.807, 2.05) is 0 Å². The lowest BCUT2D eigenvalue weighted by molar-refractivity contribution is -0.140. The van der Waals surface area contributed by atoms with E-state index in [2.05, 4.69) is 20.7 Å². The Morgan fingerprint density at radius 1 is 1.17 bits per heavy atom. The molecule has 0 spiro atoms. The highest BCUT2D eigenvalue weighted by molar-refractivity contribution is 9.09.